The van der Waals surface area contributed by atoms with Crippen molar-refractivity contribution in [3.63, 3.8) is 0 Å². The molecule has 0 saturated carbocycles. The van der Waals surface area contributed by atoms with Crippen molar-refractivity contribution < 1.29 is 14.6 Å². The number of aromatic amines is 1. The second-order valence-electron chi connectivity index (χ2n) is 4.75. The first-order chi connectivity index (χ1) is 8.79. The Morgan fingerprint density at radius 3 is 2.42 bits per heavy atom. The Labute approximate surface area is 109 Å². The van der Waals surface area contributed by atoms with E-state index in [1.807, 2.05) is 11.9 Å². The summed E-state index contributed by atoms with van der Waals surface area (Å²) in [4.78, 5) is 24.3. The Hall–Kier alpha value is -1.47. The summed E-state index contributed by atoms with van der Waals surface area (Å²) in [5.74, 6) is -1.28. The molecule has 0 saturated heterocycles. The van der Waals surface area contributed by atoms with Crippen LogP contribution in [-0.2, 0) is 0 Å². The molecule has 6 nitrogen and oxygen atoms in total. The maximum atomic E-state index is 13.2. The molecule has 3 N–H and O–H groups in total. The zero-order chi connectivity index (χ0) is 14.7. The summed E-state index contributed by atoms with van der Waals surface area (Å²) in [5, 5.41) is 19.9. The molecule has 0 amide bonds. The molecule has 0 radical (unpaired) electrons. The molecule has 0 aromatic carbocycles. The Bertz CT molecular complexity index is 539. The topological polar surface area (TPSA) is 95.3 Å². The van der Waals surface area contributed by atoms with Gasteiger partial charge in [-0.05, 0) is 12.8 Å². The fourth-order valence-corrected chi connectivity index (χ4v) is 1.79. The van der Waals surface area contributed by atoms with Crippen LogP contribution in [0.5, 0.6) is 0 Å². The molecule has 1 heterocycles. The molecular weight excluding hydrogens is 255 g/mol. The number of rotatable bonds is 5. The number of halogens is 1. The van der Waals surface area contributed by atoms with Gasteiger partial charge in [0.2, 0.25) is 5.82 Å². The zero-order valence-corrected chi connectivity index (χ0v) is 11.1. The molecule has 4 unspecified atom stereocenters. The molecule has 108 valence electrons. The fraction of sp³-hybridized carbons (Fsp3) is 0.667. The predicted molar refractivity (Wildman–Crippen MR) is 67.5 cm³/mol. The summed E-state index contributed by atoms with van der Waals surface area (Å²) in [6.45, 7) is 5.09. The van der Waals surface area contributed by atoms with Gasteiger partial charge < -0.3 is 10.2 Å². The molecule has 0 spiro atoms. The Kier molecular flexibility index (Phi) is 5.02. The van der Waals surface area contributed by atoms with Crippen LogP contribution in [0, 0.1) is 11.7 Å². The summed E-state index contributed by atoms with van der Waals surface area (Å²) in [7, 11) is 0. The van der Waals surface area contributed by atoms with E-state index in [2.05, 4.69) is 0 Å². The van der Waals surface area contributed by atoms with Crippen molar-refractivity contribution in [2.45, 2.75) is 45.4 Å². The van der Waals surface area contributed by atoms with E-state index in [4.69, 9.17) is 0 Å². The predicted octanol–water partition coefficient (Wildman–Crippen LogP) is 0.00460. The number of aliphatic hydroxyl groups is 2. The zero-order valence-electron chi connectivity index (χ0n) is 11.1. The molecule has 1 rings (SSSR count). The Balaban J connectivity index is 3.07. The van der Waals surface area contributed by atoms with Gasteiger partial charge in [-0.15, -0.1) is 0 Å². The van der Waals surface area contributed by atoms with E-state index >= 15 is 0 Å². The quantitative estimate of drug-likeness (QED) is 0.704. The Morgan fingerprint density at radius 2 is 1.89 bits per heavy atom. The first-order valence-corrected chi connectivity index (χ1v) is 6.16. The molecule has 0 aliphatic heterocycles. The second kappa shape index (κ2) is 6.12. The number of nitrogens with one attached hydrogen (secondary N) is 1. The first kappa shape index (κ1) is 15.6. The standard InChI is InChI=1S/C12H19FN2O4/c1-4-6(2)9(16)10(17)7(3)15-5-8(13)11(18)14-12(15)19/h5-7,9-10,16-17H,4H2,1-3H3,(H,14,18,19). The minimum atomic E-state index is -1.24. The Morgan fingerprint density at radius 1 is 1.32 bits per heavy atom. The highest BCUT2D eigenvalue weighted by Gasteiger charge is 2.28. The van der Waals surface area contributed by atoms with Crippen LogP contribution in [0.2, 0.25) is 0 Å². The van der Waals surface area contributed by atoms with Crippen LogP contribution in [0.25, 0.3) is 0 Å². The highest BCUT2D eigenvalue weighted by atomic mass is 19.1. The highest BCUT2D eigenvalue weighted by molar-refractivity contribution is 4.91. The lowest BCUT2D eigenvalue weighted by molar-refractivity contribution is -0.0380. The summed E-state index contributed by atoms with van der Waals surface area (Å²) < 4.78 is 14.0. The number of aliphatic hydroxyl groups excluding tert-OH is 2. The molecule has 4 atom stereocenters. The van der Waals surface area contributed by atoms with Crippen molar-refractivity contribution in [2.75, 3.05) is 0 Å². The van der Waals surface area contributed by atoms with Crippen molar-refractivity contribution in [3.8, 4) is 0 Å². The average Bonchev–Trinajstić information content (AvgIpc) is 2.39. The molecule has 1 aromatic heterocycles. The maximum Gasteiger partial charge on any atom is 0.328 e. The third-order valence-corrected chi connectivity index (χ3v) is 3.43. The van der Waals surface area contributed by atoms with E-state index in [1.165, 1.54) is 6.92 Å². The number of H-pyrrole nitrogens is 1. The SMILES string of the molecule is CCC(C)C(O)C(O)C(C)n1cc(F)c(=O)[nH]c1=O. The molecule has 19 heavy (non-hydrogen) atoms. The minimum Gasteiger partial charge on any atom is -0.390 e. The van der Waals surface area contributed by atoms with Gasteiger partial charge in [-0.2, -0.15) is 4.39 Å². The molecular formula is C12H19FN2O4. The molecule has 0 aliphatic carbocycles. The van der Waals surface area contributed by atoms with Crippen molar-refractivity contribution >= 4 is 0 Å². The monoisotopic (exact) mass is 274 g/mol. The lowest BCUT2D eigenvalue weighted by Gasteiger charge is -2.28. The van der Waals surface area contributed by atoms with Crippen molar-refractivity contribution in [3.05, 3.63) is 32.9 Å². The van der Waals surface area contributed by atoms with E-state index in [1.54, 1.807) is 6.92 Å². The van der Waals surface area contributed by atoms with Gasteiger partial charge >= 0.3 is 5.69 Å². The molecule has 0 aliphatic rings. The lowest BCUT2D eigenvalue weighted by Crippen LogP contribution is -2.42. The van der Waals surface area contributed by atoms with Crippen LogP contribution in [0.3, 0.4) is 0 Å². The maximum absolute atomic E-state index is 13.2. The van der Waals surface area contributed by atoms with Gasteiger partial charge in [0.05, 0.1) is 18.3 Å². The van der Waals surface area contributed by atoms with E-state index in [0.29, 0.717) is 6.42 Å². The van der Waals surface area contributed by atoms with Gasteiger partial charge in [-0.3, -0.25) is 14.3 Å². The summed E-state index contributed by atoms with van der Waals surface area (Å²) in [5.41, 5.74) is -1.93. The van der Waals surface area contributed by atoms with Crippen molar-refractivity contribution in [1.82, 2.24) is 9.55 Å². The molecule has 7 heteroatoms. The first-order valence-electron chi connectivity index (χ1n) is 6.16. The van der Waals surface area contributed by atoms with Crippen LogP contribution in [-0.4, -0.2) is 32.0 Å². The van der Waals surface area contributed by atoms with Gasteiger partial charge in [0.1, 0.15) is 6.10 Å². The average molecular weight is 274 g/mol. The van der Waals surface area contributed by atoms with Crippen LogP contribution in [0.15, 0.2) is 15.8 Å². The number of aromatic nitrogens is 2. The third kappa shape index (κ3) is 3.30. The van der Waals surface area contributed by atoms with Crippen molar-refractivity contribution in [2.24, 2.45) is 5.92 Å². The lowest BCUT2D eigenvalue weighted by atomic mass is 9.94. The van der Waals surface area contributed by atoms with Gasteiger partial charge in [0.15, 0.2) is 0 Å². The normalized spacial score (nSPS) is 17.8. The summed E-state index contributed by atoms with van der Waals surface area (Å²) >= 11 is 0. The van der Waals surface area contributed by atoms with Gasteiger partial charge in [0.25, 0.3) is 5.56 Å². The summed E-state index contributed by atoms with van der Waals surface area (Å²) in [6.07, 6.45) is -0.891. The van der Waals surface area contributed by atoms with E-state index in [0.717, 1.165) is 10.8 Å². The van der Waals surface area contributed by atoms with Gasteiger partial charge in [-0.1, -0.05) is 20.3 Å². The van der Waals surface area contributed by atoms with E-state index < -0.39 is 35.3 Å². The second-order valence-corrected chi connectivity index (χ2v) is 4.75. The van der Waals surface area contributed by atoms with E-state index in [9.17, 15) is 24.2 Å². The van der Waals surface area contributed by atoms with Crippen LogP contribution in [0.1, 0.15) is 33.2 Å². The van der Waals surface area contributed by atoms with Gasteiger partial charge in [-0.25, -0.2) is 4.79 Å². The number of hydrogen-bond acceptors (Lipinski definition) is 4. The van der Waals surface area contributed by atoms with Crippen LogP contribution >= 0.6 is 0 Å². The van der Waals surface area contributed by atoms with E-state index in [-0.39, 0.29) is 5.92 Å². The highest BCUT2D eigenvalue weighted by Crippen LogP contribution is 2.19. The molecule has 0 fully saturated rings. The largest absolute Gasteiger partial charge is 0.390 e. The smallest absolute Gasteiger partial charge is 0.328 e. The summed E-state index contributed by atoms with van der Waals surface area (Å²) in [6, 6.07) is -0.858. The molecule has 0 bridgehead atoms. The molecule has 1 aromatic rings. The van der Waals surface area contributed by atoms with Crippen molar-refractivity contribution in [1.29, 1.82) is 0 Å². The number of hydrogen-bond donors (Lipinski definition) is 3. The van der Waals surface area contributed by atoms with Gasteiger partial charge in [0, 0.05) is 0 Å². The minimum absolute atomic E-state index is 0.166. The van der Waals surface area contributed by atoms with Crippen LogP contribution < -0.4 is 11.2 Å². The fourth-order valence-electron chi connectivity index (χ4n) is 1.79. The van der Waals surface area contributed by atoms with Crippen LogP contribution in [0.4, 0.5) is 4.39 Å². The third-order valence-electron chi connectivity index (χ3n) is 3.43. The number of nitrogens with zero attached hydrogens (tertiary/aromatic N) is 1.